The molecule has 114 valence electrons. The molecule has 1 aromatic rings. The second-order valence-electron chi connectivity index (χ2n) is 5.05. The molecule has 1 fully saturated rings. The van der Waals surface area contributed by atoms with E-state index in [1.165, 1.54) is 0 Å². The van der Waals surface area contributed by atoms with Crippen molar-refractivity contribution in [1.82, 2.24) is 4.31 Å². The molecule has 0 aliphatic carbocycles. The van der Waals surface area contributed by atoms with Crippen molar-refractivity contribution in [1.29, 1.82) is 0 Å². The van der Waals surface area contributed by atoms with Gasteiger partial charge in [0.1, 0.15) is 0 Å². The zero-order chi connectivity index (χ0) is 14.0. The third kappa shape index (κ3) is 3.74. The minimum Gasteiger partial charge on any atom is -0.328 e. The molecule has 1 heterocycles. The van der Waals surface area contributed by atoms with Crippen LogP contribution in [-0.2, 0) is 10.0 Å². The highest BCUT2D eigenvalue weighted by Gasteiger charge is 2.32. The number of nitrogens with two attached hydrogens (primary N) is 1. The summed E-state index contributed by atoms with van der Waals surface area (Å²) < 4.78 is 27.4. The van der Waals surface area contributed by atoms with Crippen LogP contribution in [0.4, 0.5) is 0 Å². The lowest BCUT2D eigenvalue weighted by Gasteiger charge is -2.33. The van der Waals surface area contributed by atoms with E-state index in [1.807, 2.05) is 13.0 Å². The smallest absolute Gasteiger partial charge is 0.244 e. The zero-order valence-corrected chi connectivity index (χ0v) is 14.5. The number of hydrogen-bond donors (Lipinski definition) is 1. The van der Waals surface area contributed by atoms with Gasteiger partial charge in [0, 0.05) is 23.6 Å². The highest BCUT2D eigenvalue weighted by molar-refractivity contribution is 9.10. The summed E-state index contributed by atoms with van der Waals surface area (Å²) >= 11 is 3.31. The number of benzene rings is 1. The fourth-order valence-corrected chi connectivity index (χ4v) is 4.91. The van der Waals surface area contributed by atoms with Gasteiger partial charge >= 0.3 is 0 Å². The molecule has 2 N–H and O–H groups in total. The second-order valence-corrected chi connectivity index (χ2v) is 7.82. The maximum absolute atomic E-state index is 12.6. The normalized spacial score (nSPS) is 22.1. The van der Waals surface area contributed by atoms with Gasteiger partial charge in [0.2, 0.25) is 10.0 Å². The fraction of sp³-hybridized carbons (Fsp3) is 0.538. The zero-order valence-electron chi connectivity index (χ0n) is 11.3. The van der Waals surface area contributed by atoms with Crippen LogP contribution in [0.25, 0.3) is 0 Å². The summed E-state index contributed by atoms with van der Waals surface area (Å²) in [6, 6.07) is 6.96. The third-order valence-corrected chi connectivity index (χ3v) is 6.50. The van der Waals surface area contributed by atoms with Crippen LogP contribution in [0.3, 0.4) is 0 Å². The fourth-order valence-electron chi connectivity index (χ4n) is 2.41. The van der Waals surface area contributed by atoms with Crippen LogP contribution in [0, 0.1) is 5.92 Å². The Labute approximate surface area is 135 Å². The van der Waals surface area contributed by atoms with E-state index in [0.29, 0.717) is 22.5 Å². The quantitative estimate of drug-likeness (QED) is 0.872. The average Bonchev–Trinajstić information content (AvgIpc) is 2.39. The third-order valence-electron chi connectivity index (χ3n) is 3.62. The Kier molecular flexibility index (Phi) is 6.47. The highest BCUT2D eigenvalue weighted by atomic mass is 79.9. The van der Waals surface area contributed by atoms with E-state index in [0.717, 1.165) is 12.8 Å². The first-order valence-electron chi connectivity index (χ1n) is 6.43. The maximum Gasteiger partial charge on any atom is 0.244 e. The van der Waals surface area contributed by atoms with Crippen molar-refractivity contribution in [2.75, 3.05) is 13.1 Å². The molecule has 2 atom stereocenters. The lowest BCUT2D eigenvalue weighted by atomic mass is 9.93. The molecule has 0 aromatic heterocycles. The van der Waals surface area contributed by atoms with Gasteiger partial charge in [-0.05, 0) is 53.7 Å². The number of piperidine rings is 1. The van der Waals surface area contributed by atoms with Crippen LogP contribution >= 0.6 is 28.3 Å². The summed E-state index contributed by atoms with van der Waals surface area (Å²) in [7, 11) is -3.43. The van der Waals surface area contributed by atoms with Crippen LogP contribution in [-0.4, -0.2) is 31.9 Å². The minimum absolute atomic E-state index is 0. The molecule has 20 heavy (non-hydrogen) atoms. The summed E-state index contributed by atoms with van der Waals surface area (Å²) in [5, 5.41) is 0. The molecule has 0 spiro atoms. The van der Waals surface area contributed by atoms with Crippen molar-refractivity contribution in [3.63, 3.8) is 0 Å². The second kappa shape index (κ2) is 7.22. The summed E-state index contributed by atoms with van der Waals surface area (Å²) in [6.45, 7) is 3.04. The van der Waals surface area contributed by atoms with Crippen LogP contribution in [0.5, 0.6) is 0 Å². The molecule has 0 amide bonds. The Balaban J connectivity index is 0.00000200. The van der Waals surface area contributed by atoms with Crippen molar-refractivity contribution in [2.24, 2.45) is 11.7 Å². The standard InChI is InChI=1S/C13H19BrN2O2S.ClH/c1-10(15)11-5-4-8-16(9-11)19(17,18)13-7-3-2-6-12(13)14;/h2-3,6-7,10-11H,4-5,8-9,15H2,1H3;1H. The van der Waals surface area contributed by atoms with Gasteiger partial charge < -0.3 is 5.73 Å². The molecular formula is C13H20BrClN2O2S. The lowest BCUT2D eigenvalue weighted by molar-refractivity contribution is 0.243. The van der Waals surface area contributed by atoms with E-state index in [9.17, 15) is 8.42 Å². The van der Waals surface area contributed by atoms with E-state index < -0.39 is 10.0 Å². The molecule has 0 bridgehead atoms. The molecule has 4 nitrogen and oxygen atoms in total. The SMILES string of the molecule is CC(N)C1CCCN(S(=O)(=O)c2ccccc2Br)C1.Cl. The van der Waals surface area contributed by atoms with Gasteiger partial charge in [-0.3, -0.25) is 0 Å². The Hall–Kier alpha value is -0.140. The number of rotatable bonds is 3. The van der Waals surface area contributed by atoms with Crippen molar-refractivity contribution < 1.29 is 8.42 Å². The highest BCUT2D eigenvalue weighted by Crippen LogP contribution is 2.28. The van der Waals surface area contributed by atoms with E-state index in [4.69, 9.17) is 5.73 Å². The number of sulfonamides is 1. The van der Waals surface area contributed by atoms with E-state index in [-0.39, 0.29) is 24.4 Å². The monoisotopic (exact) mass is 382 g/mol. The molecule has 1 saturated heterocycles. The van der Waals surface area contributed by atoms with Crippen molar-refractivity contribution in [3.05, 3.63) is 28.7 Å². The molecule has 2 rings (SSSR count). The lowest BCUT2D eigenvalue weighted by Crippen LogP contribution is -2.45. The first-order valence-corrected chi connectivity index (χ1v) is 8.66. The molecule has 1 aromatic carbocycles. The molecule has 2 unspecified atom stereocenters. The van der Waals surface area contributed by atoms with Gasteiger partial charge in [-0.15, -0.1) is 12.4 Å². The molecule has 0 saturated carbocycles. The molecular weight excluding hydrogens is 364 g/mol. The Morgan fingerprint density at radius 2 is 2.05 bits per heavy atom. The largest absolute Gasteiger partial charge is 0.328 e. The van der Waals surface area contributed by atoms with Gasteiger partial charge in [0.05, 0.1) is 4.90 Å². The summed E-state index contributed by atoms with van der Waals surface area (Å²) in [4.78, 5) is 0.334. The predicted molar refractivity (Wildman–Crippen MR) is 86.5 cm³/mol. The van der Waals surface area contributed by atoms with Gasteiger partial charge in [0.15, 0.2) is 0 Å². The first kappa shape index (κ1) is 17.9. The minimum atomic E-state index is -3.43. The molecule has 7 heteroatoms. The summed E-state index contributed by atoms with van der Waals surface area (Å²) in [5.41, 5.74) is 5.91. The van der Waals surface area contributed by atoms with Crippen LogP contribution in [0.15, 0.2) is 33.6 Å². The molecule has 0 radical (unpaired) electrons. The van der Waals surface area contributed by atoms with Crippen molar-refractivity contribution >= 4 is 38.4 Å². The topological polar surface area (TPSA) is 63.4 Å². The Morgan fingerprint density at radius 3 is 2.65 bits per heavy atom. The molecule has 1 aliphatic rings. The molecule has 1 aliphatic heterocycles. The number of hydrogen-bond acceptors (Lipinski definition) is 3. The van der Waals surface area contributed by atoms with Crippen molar-refractivity contribution in [2.45, 2.75) is 30.7 Å². The maximum atomic E-state index is 12.6. The van der Waals surface area contributed by atoms with Gasteiger partial charge in [-0.2, -0.15) is 4.31 Å². The summed E-state index contributed by atoms with van der Waals surface area (Å²) in [5.74, 6) is 0.242. The van der Waals surface area contributed by atoms with E-state index in [2.05, 4.69) is 15.9 Å². The predicted octanol–water partition coefficient (Wildman–Crippen LogP) is 2.62. The van der Waals surface area contributed by atoms with Gasteiger partial charge in [-0.25, -0.2) is 8.42 Å². The van der Waals surface area contributed by atoms with Crippen LogP contribution in [0.1, 0.15) is 19.8 Å². The number of nitrogens with zero attached hydrogens (tertiary/aromatic N) is 1. The van der Waals surface area contributed by atoms with Crippen LogP contribution < -0.4 is 5.73 Å². The van der Waals surface area contributed by atoms with E-state index >= 15 is 0 Å². The Bertz CT molecular complexity index is 551. The number of halogens is 2. The average molecular weight is 384 g/mol. The first-order chi connectivity index (χ1) is 8.93. The van der Waals surface area contributed by atoms with Gasteiger partial charge in [0.25, 0.3) is 0 Å². The van der Waals surface area contributed by atoms with Crippen molar-refractivity contribution in [3.8, 4) is 0 Å². The van der Waals surface area contributed by atoms with Gasteiger partial charge in [-0.1, -0.05) is 12.1 Å². The Morgan fingerprint density at radius 1 is 1.40 bits per heavy atom. The summed E-state index contributed by atoms with van der Waals surface area (Å²) in [6.07, 6.45) is 1.87. The van der Waals surface area contributed by atoms with E-state index in [1.54, 1.807) is 22.5 Å². The van der Waals surface area contributed by atoms with Crippen LogP contribution in [0.2, 0.25) is 0 Å².